The Morgan fingerprint density at radius 1 is 0.720 bits per heavy atom. The molecule has 2 aliphatic heterocycles. The van der Waals surface area contributed by atoms with Crippen LogP contribution >= 0.6 is 0 Å². The second-order valence-electron chi connectivity index (χ2n) is 11.4. The molecule has 0 aromatic heterocycles. The van der Waals surface area contributed by atoms with Crippen molar-refractivity contribution in [2.75, 3.05) is 53.0 Å². The van der Waals surface area contributed by atoms with E-state index in [4.69, 9.17) is 4.74 Å². The van der Waals surface area contributed by atoms with Gasteiger partial charge in [0.25, 0.3) is 0 Å². The molecular formula is C31H36F6N4O7S2. The first-order valence-corrected chi connectivity index (χ1v) is 18.2. The summed E-state index contributed by atoms with van der Waals surface area (Å²) in [6.07, 6.45) is 2.90. The highest BCUT2D eigenvalue weighted by atomic mass is 32.2. The molecule has 0 atom stereocenters. The molecule has 0 N–H and O–H groups in total. The molecular weight excluding hydrogens is 718 g/mol. The SMILES string of the molecule is CCN1CCC(c2cccc(OS(=O)(=O)C(F)(F)F)c2C#N)CC1.COCCN1CCC(c2cccc(OS(=O)(=O)C(F)(F)F)c2C#N)CC1. The van der Waals surface area contributed by atoms with Gasteiger partial charge in [-0.1, -0.05) is 31.2 Å². The van der Waals surface area contributed by atoms with Crippen molar-refractivity contribution in [1.29, 1.82) is 10.5 Å². The second-order valence-corrected chi connectivity index (χ2v) is 14.5. The van der Waals surface area contributed by atoms with Crippen LogP contribution in [0.25, 0.3) is 0 Å². The Balaban J connectivity index is 0.000000271. The Hall–Kier alpha value is -3.62. The summed E-state index contributed by atoms with van der Waals surface area (Å²) >= 11 is 0. The number of ether oxygens (including phenoxy) is 1. The predicted molar refractivity (Wildman–Crippen MR) is 168 cm³/mol. The molecule has 2 aromatic carbocycles. The van der Waals surface area contributed by atoms with Crippen LogP contribution in [0.3, 0.4) is 0 Å². The topological polar surface area (TPSA) is 150 Å². The third-order valence-corrected chi connectivity index (χ3v) is 10.4. The summed E-state index contributed by atoms with van der Waals surface area (Å²) in [7, 11) is -10.0. The Labute approximate surface area is 287 Å². The Morgan fingerprint density at radius 3 is 1.42 bits per heavy atom. The molecule has 276 valence electrons. The highest BCUT2D eigenvalue weighted by Gasteiger charge is 2.50. The summed E-state index contributed by atoms with van der Waals surface area (Å²) in [5, 5.41) is 18.7. The minimum atomic E-state index is -5.82. The van der Waals surface area contributed by atoms with Gasteiger partial charge in [-0.25, -0.2) is 0 Å². The van der Waals surface area contributed by atoms with Crippen molar-refractivity contribution in [3.05, 3.63) is 58.7 Å². The standard InChI is InChI=1S/C16H19F3N2O4S.C15H17F3N2O3S/c1-24-10-9-21-7-5-12(6-8-21)13-3-2-4-15(14(13)11-20)25-26(22,23)16(17,18)19;1-2-20-8-6-11(7-9-20)12-4-3-5-14(13(12)10-19)23-24(21,22)15(16,17)18/h2-4,12H,5-10H2,1H3;3-5,11H,2,6-9H2,1H3. The highest BCUT2D eigenvalue weighted by Crippen LogP contribution is 2.37. The van der Waals surface area contributed by atoms with E-state index in [-0.39, 0.29) is 23.0 Å². The molecule has 0 bridgehead atoms. The van der Waals surface area contributed by atoms with Crippen LogP contribution in [-0.2, 0) is 25.0 Å². The lowest BCUT2D eigenvalue weighted by Crippen LogP contribution is -2.35. The molecule has 2 heterocycles. The van der Waals surface area contributed by atoms with Crippen LogP contribution < -0.4 is 8.37 Å². The summed E-state index contributed by atoms with van der Waals surface area (Å²) in [6.45, 7) is 7.47. The van der Waals surface area contributed by atoms with Crippen molar-refractivity contribution < 1.29 is 56.3 Å². The minimum Gasteiger partial charge on any atom is -0.383 e. The van der Waals surface area contributed by atoms with E-state index in [1.807, 2.05) is 6.92 Å². The molecule has 2 fully saturated rings. The number of likely N-dealkylation sites (tertiary alicyclic amines) is 2. The summed E-state index contributed by atoms with van der Waals surface area (Å²) < 4.78 is 133. The first kappa shape index (κ1) is 40.8. The van der Waals surface area contributed by atoms with E-state index in [0.717, 1.165) is 64.2 Å². The van der Waals surface area contributed by atoms with Gasteiger partial charge in [-0.05, 0) is 93.5 Å². The lowest BCUT2D eigenvalue weighted by atomic mass is 9.86. The number of halogens is 6. The Morgan fingerprint density at radius 2 is 1.10 bits per heavy atom. The van der Waals surface area contributed by atoms with E-state index in [1.54, 1.807) is 31.4 Å². The zero-order valence-electron chi connectivity index (χ0n) is 27.1. The molecule has 0 unspecified atom stereocenters. The van der Waals surface area contributed by atoms with Crippen molar-refractivity contribution in [3.8, 4) is 23.6 Å². The molecule has 2 aromatic rings. The largest absolute Gasteiger partial charge is 0.534 e. The molecule has 0 spiro atoms. The molecule has 50 heavy (non-hydrogen) atoms. The average molecular weight is 755 g/mol. The van der Waals surface area contributed by atoms with Crippen molar-refractivity contribution in [1.82, 2.24) is 9.80 Å². The minimum absolute atomic E-state index is 0.0143. The maximum atomic E-state index is 12.5. The van der Waals surface area contributed by atoms with E-state index in [0.29, 0.717) is 30.6 Å². The zero-order valence-corrected chi connectivity index (χ0v) is 28.8. The van der Waals surface area contributed by atoms with Gasteiger partial charge < -0.3 is 22.9 Å². The van der Waals surface area contributed by atoms with Crippen LogP contribution in [0.1, 0.15) is 66.7 Å². The maximum absolute atomic E-state index is 12.5. The first-order valence-electron chi connectivity index (χ1n) is 15.4. The fourth-order valence-corrected chi connectivity index (χ4v) is 6.67. The summed E-state index contributed by atoms with van der Waals surface area (Å²) in [5.74, 6) is -1.24. The van der Waals surface area contributed by atoms with E-state index in [1.165, 1.54) is 12.1 Å². The summed E-state index contributed by atoms with van der Waals surface area (Å²) in [5.41, 5.74) is -10.4. The number of alkyl halides is 6. The number of methoxy groups -OCH3 is 1. The number of piperidine rings is 2. The first-order chi connectivity index (χ1) is 23.4. The zero-order chi connectivity index (χ0) is 37.3. The van der Waals surface area contributed by atoms with Crippen molar-refractivity contribution in [2.45, 2.75) is 55.5 Å². The van der Waals surface area contributed by atoms with E-state index in [2.05, 4.69) is 18.2 Å². The molecule has 0 amide bonds. The number of nitriles is 2. The second kappa shape index (κ2) is 17.1. The molecule has 2 saturated heterocycles. The monoisotopic (exact) mass is 754 g/mol. The highest BCUT2D eigenvalue weighted by molar-refractivity contribution is 7.88. The van der Waals surface area contributed by atoms with Crippen LogP contribution in [0.15, 0.2) is 36.4 Å². The van der Waals surface area contributed by atoms with Crippen molar-refractivity contribution in [3.63, 3.8) is 0 Å². The van der Waals surface area contributed by atoms with Crippen molar-refractivity contribution in [2.24, 2.45) is 0 Å². The molecule has 11 nitrogen and oxygen atoms in total. The number of benzene rings is 2. The number of hydrogen-bond acceptors (Lipinski definition) is 11. The summed E-state index contributed by atoms with van der Waals surface area (Å²) in [4.78, 5) is 4.43. The van der Waals surface area contributed by atoms with Crippen LogP contribution in [0.4, 0.5) is 26.3 Å². The van der Waals surface area contributed by atoms with Gasteiger partial charge in [-0.3, -0.25) is 0 Å². The molecule has 19 heteroatoms. The van der Waals surface area contributed by atoms with Crippen LogP contribution in [-0.4, -0.2) is 90.6 Å². The third kappa shape index (κ3) is 10.2. The Bertz CT molecular complexity index is 1760. The smallest absolute Gasteiger partial charge is 0.383 e. The number of nitrogens with zero attached hydrogens (tertiary/aromatic N) is 4. The molecule has 0 saturated carbocycles. The molecule has 4 rings (SSSR count). The van der Waals surface area contributed by atoms with Gasteiger partial charge in [0.15, 0.2) is 11.5 Å². The normalized spacial score (nSPS) is 17.2. The fraction of sp³-hybridized carbons (Fsp3) is 0.548. The van der Waals surface area contributed by atoms with E-state index < -0.39 is 42.8 Å². The van der Waals surface area contributed by atoms with Gasteiger partial charge >= 0.3 is 31.3 Å². The Kier molecular flexibility index (Phi) is 13.9. The van der Waals surface area contributed by atoms with Crippen molar-refractivity contribution >= 4 is 20.2 Å². The molecule has 0 radical (unpaired) electrons. The van der Waals surface area contributed by atoms with Crippen LogP contribution in [0, 0.1) is 22.7 Å². The lowest BCUT2D eigenvalue weighted by Gasteiger charge is -2.32. The summed E-state index contributed by atoms with van der Waals surface area (Å²) in [6, 6.07) is 11.8. The molecule has 0 aliphatic carbocycles. The molecule has 2 aliphatic rings. The number of hydrogen-bond donors (Lipinski definition) is 0. The average Bonchev–Trinajstić information content (AvgIpc) is 3.06. The predicted octanol–water partition coefficient (Wildman–Crippen LogP) is 5.60. The van der Waals surface area contributed by atoms with E-state index >= 15 is 0 Å². The van der Waals surface area contributed by atoms with Gasteiger partial charge in [0.05, 0.1) is 17.7 Å². The fourth-order valence-electron chi connectivity index (χ4n) is 5.73. The van der Waals surface area contributed by atoms with Gasteiger partial charge in [-0.2, -0.15) is 53.7 Å². The van der Waals surface area contributed by atoms with Gasteiger partial charge in [-0.15, -0.1) is 0 Å². The van der Waals surface area contributed by atoms with Crippen LogP contribution in [0.5, 0.6) is 11.5 Å². The quantitative estimate of drug-likeness (QED) is 0.170. The maximum Gasteiger partial charge on any atom is 0.534 e. The number of rotatable bonds is 10. The van der Waals surface area contributed by atoms with Gasteiger partial charge in [0, 0.05) is 13.7 Å². The van der Waals surface area contributed by atoms with E-state index in [9.17, 15) is 53.7 Å². The van der Waals surface area contributed by atoms with Gasteiger partial charge in [0.2, 0.25) is 0 Å². The third-order valence-electron chi connectivity index (χ3n) is 8.42. The van der Waals surface area contributed by atoms with Crippen LogP contribution in [0.2, 0.25) is 0 Å². The van der Waals surface area contributed by atoms with Gasteiger partial charge in [0.1, 0.15) is 12.1 Å². The lowest BCUT2D eigenvalue weighted by molar-refractivity contribution is -0.0505.